The largest absolute Gasteiger partial charge is 0.248 e. The fraction of sp³-hybridized carbons (Fsp3) is 0.625. The van der Waals surface area contributed by atoms with E-state index in [1.165, 1.54) is 11.3 Å². The molecule has 0 saturated heterocycles. The Morgan fingerprint density at radius 2 is 2.29 bits per heavy atom. The molecule has 14 heavy (non-hydrogen) atoms. The Labute approximate surface area is 88.4 Å². The van der Waals surface area contributed by atoms with Crippen LogP contribution in [0.1, 0.15) is 23.2 Å². The summed E-state index contributed by atoms with van der Waals surface area (Å²) in [6, 6.07) is 0. The number of sulfonamides is 1. The summed E-state index contributed by atoms with van der Waals surface area (Å²) in [7, 11) is -3.10. The molecule has 0 fully saturated rings. The van der Waals surface area contributed by atoms with Crippen molar-refractivity contribution in [3.05, 3.63) is 16.1 Å². The van der Waals surface area contributed by atoms with Crippen LogP contribution in [0.4, 0.5) is 0 Å². The molecule has 6 heteroatoms. The molecule has 0 unspecified atom stereocenters. The number of hydrogen-bond acceptors (Lipinski definition) is 4. The van der Waals surface area contributed by atoms with Crippen molar-refractivity contribution < 1.29 is 8.42 Å². The van der Waals surface area contributed by atoms with E-state index < -0.39 is 10.0 Å². The van der Waals surface area contributed by atoms with Crippen LogP contribution < -0.4 is 4.72 Å². The van der Waals surface area contributed by atoms with Crippen molar-refractivity contribution in [3.63, 3.8) is 0 Å². The van der Waals surface area contributed by atoms with Gasteiger partial charge >= 0.3 is 0 Å². The van der Waals surface area contributed by atoms with E-state index in [2.05, 4.69) is 9.71 Å². The van der Waals surface area contributed by atoms with Gasteiger partial charge in [-0.05, 0) is 13.3 Å². The standard InChI is InChI=1S/C8H14N2O2S2/c1-3-4-14(11,12)10-6-8-9-5-7(2)13-8/h5,10H,3-4,6H2,1-2H3. The number of rotatable bonds is 5. The lowest BCUT2D eigenvalue weighted by Crippen LogP contribution is -2.25. The third-order valence-electron chi connectivity index (χ3n) is 1.59. The minimum Gasteiger partial charge on any atom is -0.248 e. The molecular weight excluding hydrogens is 220 g/mol. The van der Waals surface area contributed by atoms with Gasteiger partial charge in [0.2, 0.25) is 10.0 Å². The van der Waals surface area contributed by atoms with Crippen LogP contribution in [0.5, 0.6) is 0 Å². The fourth-order valence-corrected chi connectivity index (χ4v) is 2.85. The zero-order chi connectivity index (χ0) is 10.6. The maximum Gasteiger partial charge on any atom is 0.211 e. The molecule has 0 aliphatic rings. The van der Waals surface area contributed by atoms with E-state index in [1.807, 2.05) is 13.8 Å². The summed E-state index contributed by atoms with van der Waals surface area (Å²) in [6.45, 7) is 4.09. The van der Waals surface area contributed by atoms with Crippen LogP contribution in [0.2, 0.25) is 0 Å². The van der Waals surface area contributed by atoms with Crippen molar-refractivity contribution >= 4 is 21.4 Å². The summed E-state index contributed by atoms with van der Waals surface area (Å²) in [5.41, 5.74) is 0. The van der Waals surface area contributed by atoms with Crippen molar-refractivity contribution in [2.45, 2.75) is 26.8 Å². The highest BCUT2D eigenvalue weighted by atomic mass is 32.2. The smallest absolute Gasteiger partial charge is 0.211 e. The Kier molecular flexibility index (Phi) is 4.03. The van der Waals surface area contributed by atoms with E-state index in [0.717, 1.165) is 9.88 Å². The monoisotopic (exact) mass is 234 g/mol. The quantitative estimate of drug-likeness (QED) is 0.835. The summed E-state index contributed by atoms with van der Waals surface area (Å²) >= 11 is 1.51. The first-order valence-electron chi connectivity index (χ1n) is 4.42. The molecule has 0 aliphatic carbocycles. The molecule has 1 aromatic rings. The Bertz CT molecular complexity index is 384. The number of thiazole rings is 1. The Balaban J connectivity index is 2.48. The number of aryl methyl sites for hydroxylation is 1. The van der Waals surface area contributed by atoms with Gasteiger partial charge in [0, 0.05) is 11.1 Å². The lowest BCUT2D eigenvalue weighted by atomic mass is 10.6. The predicted molar refractivity (Wildman–Crippen MR) is 57.8 cm³/mol. The van der Waals surface area contributed by atoms with E-state index in [9.17, 15) is 8.42 Å². The van der Waals surface area contributed by atoms with Gasteiger partial charge in [-0.1, -0.05) is 6.92 Å². The molecule has 0 radical (unpaired) electrons. The Morgan fingerprint density at radius 3 is 2.79 bits per heavy atom. The van der Waals surface area contributed by atoms with Crippen LogP contribution >= 0.6 is 11.3 Å². The molecular formula is C8H14N2O2S2. The van der Waals surface area contributed by atoms with Crippen LogP contribution in [0.3, 0.4) is 0 Å². The first-order chi connectivity index (χ1) is 6.53. The van der Waals surface area contributed by atoms with Gasteiger partial charge in [-0.3, -0.25) is 0 Å². The summed E-state index contributed by atoms with van der Waals surface area (Å²) < 4.78 is 25.1. The van der Waals surface area contributed by atoms with Crippen molar-refractivity contribution in [2.24, 2.45) is 0 Å². The van der Waals surface area contributed by atoms with Gasteiger partial charge in [0.05, 0.1) is 12.3 Å². The minimum absolute atomic E-state index is 0.178. The molecule has 1 heterocycles. The summed E-state index contributed by atoms with van der Waals surface area (Å²) in [5.74, 6) is 0.178. The first-order valence-corrected chi connectivity index (χ1v) is 6.89. The summed E-state index contributed by atoms with van der Waals surface area (Å²) in [6.07, 6.45) is 2.38. The molecule has 1 aromatic heterocycles. The predicted octanol–water partition coefficient (Wildman–Crippen LogP) is 1.28. The van der Waals surface area contributed by atoms with Crippen molar-refractivity contribution in [3.8, 4) is 0 Å². The van der Waals surface area contributed by atoms with Gasteiger partial charge < -0.3 is 0 Å². The van der Waals surface area contributed by atoms with Gasteiger partial charge in [0.25, 0.3) is 0 Å². The Morgan fingerprint density at radius 1 is 1.57 bits per heavy atom. The first kappa shape index (κ1) is 11.6. The van der Waals surface area contributed by atoms with Gasteiger partial charge in [0.15, 0.2) is 0 Å². The zero-order valence-electron chi connectivity index (χ0n) is 8.28. The molecule has 0 aliphatic heterocycles. The number of nitrogens with zero attached hydrogens (tertiary/aromatic N) is 1. The van der Waals surface area contributed by atoms with Crippen molar-refractivity contribution in [1.82, 2.24) is 9.71 Å². The maximum absolute atomic E-state index is 11.3. The van der Waals surface area contributed by atoms with E-state index in [4.69, 9.17) is 0 Å². The zero-order valence-corrected chi connectivity index (χ0v) is 9.91. The van der Waals surface area contributed by atoms with E-state index in [-0.39, 0.29) is 5.75 Å². The molecule has 1 rings (SSSR count). The second-order valence-electron chi connectivity index (χ2n) is 3.00. The van der Waals surface area contributed by atoms with E-state index in [1.54, 1.807) is 6.20 Å². The van der Waals surface area contributed by atoms with Crippen molar-refractivity contribution in [2.75, 3.05) is 5.75 Å². The molecule has 0 atom stereocenters. The third-order valence-corrected chi connectivity index (χ3v) is 4.03. The van der Waals surface area contributed by atoms with Gasteiger partial charge in [-0.25, -0.2) is 18.1 Å². The highest BCUT2D eigenvalue weighted by Gasteiger charge is 2.08. The minimum atomic E-state index is -3.10. The van der Waals surface area contributed by atoms with E-state index >= 15 is 0 Å². The normalized spacial score (nSPS) is 11.9. The lowest BCUT2D eigenvalue weighted by Gasteiger charge is -2.02. The molecule has 1 N–H and O–H groups in total. The van der Waals surface area contributed by atoms with Crippen LogP contribution in [-0.2, 0) is 16.6 Å². The lowest BCUT2D eigenvalue weighted by molar-refractivity contribution is 0.580. The molecule has 0 amide bonds. The molecule has 4 nitrogen and oxygen atoms in total. The number of hydrogen-bond donors (Lipinski definition) is 1. The van der Waals surface area contributed by atoms with Gasteiger partial charge in [-0.15, -0.1) is 11.3 Å². The average Bonchev–Trinajstić information content (AvgIpc) is 2.48. The Hall–Kier alpha value is -0.460. The van der Waals surface area contributed by atoms with Crippen LogP contribution in [0.15, 0.2) is 6.20 Å². The fourth-order valence-electron chi connectivity index (χ4n) is 0.996. The summed E-state index contributed by atoms with van der Waals surface area (Å²) in [5, 5.41) is 0.808. The highest BCUT2D eigenvalue weighted by Crippen LogP contribution is 2.10. The van der Waals surface area contributed by atoms with Gasteiger partial charge in [-0.2, -0.15) is 0 Å². The second-order valence-corrected chi connectivity index (χ2v) is 6.25. The highest BCUT2D eigenvalue weighted by molar-refractivity contribution is 7.89. The number of aromatic nitrogens is 1. The number of nitrogens with one attached hydrogen (secondary N) is 1. The van der Waals surface area contributed by atoms with Crippen LogP contribution in [0, 0.1) is 6.92 Å². The molecule has 0 saturated carbocycles. The molecule has 0 spiro atoms. The van der Waals surface area contributed by atoms with E-state index in [0.29, 0.717) is 13.0 Å². The SMILES string of the molecule is CCCS(=O)(=O)NCc1ncc(C)s1. The third kappa shape index (κ3) is 3.73. The average molecular weight is 234 g/mol. The topological polar surface area (TPSA) is 59.1 Å². The van der Waals surface area contributed by atoms with Crippen molar-refractivity contribution in [1.29, 1.82) is 0 Å². The van der Waals surface area contributed by atoms with Crippen LogP contribution in [0.25, 0.3) is 0 Å². The maximum atomic E-state index is 11.3. The second kappa shape index (κ2) is 4.86. The van der Waals surface area contributed by atoms with Gasteiger partial charge in [0.1, 0.15) is 5.01 Å². The molecule has 0 aromatic carbocycles. The van der Waals surface area contributed by atoms with Crippen LogP contribution in [-0.4, -0.2) is 19.2 Å². The summed E-state index contributed by atoms with van der Waals surface area (Å²) in [4.78, 5) is 5.16. The molecule has 80 valence electrons. The molecule has 0 bridgehead atoms.